The summed E-state index contributed by atoms with van der Waals surface area (Å²) in [6.07, 6.45) is 7.31. The van der Waals surface area contributed by atoms with Gasteiger partial charge in [-0.05, 0) is 45.1 Å². The lowest BCUT2D eigenvalue weighted by molar-refractivity contribution is 0.0558. The molecule has 0 amide bonds. The maximum absolute atomic E-state index is 5.99. The Morgan fingerprint density at radius 3 is 2.40 bits per heavy atom. The number of nitrogens with zero attached hydrogens (tertiary/aromatic N) is 1. The maximum atomic E-state index is 5.99. The third kappa shape index (κ3) is 2.54. The highest BCUT2D eigenvalue weighted by Crippen LogP contribution is 2.36. The average Bonchev–Trinajstić information content (AvgIpc) is 2.27. The van der Waals surface area contributed by atoms with Crippen molar-refractivity contribution in [2.24, 2.45) is 17.6 Å². The van der Waals surface area contributed by atoms with Gasteiger partial charge >= 0.3 is 0 Å². The third-order valence-electron chi connectivity index (χ3n) is 4.66. The van der Waals surface area contributed by atoms with Crippen molar-refractivity contribution in [2.75, 3.05) is 13.1 Å². The highest BCUT2D eigenvalue weighted by Gasteiger charge is 2.33. The van der Waals surface area contributed by atoms with E-state index in [0.29, 0.717) is 12.1 Å². The van der Waals surface area contributed by atoms with Crippen LogP contribution in [0.1, 0.15) is 46.0 Å². The molecule has 2 rings (SSSR count). The van der Waals surface area contributed by atoms with Crippen LogP contribution in [-0.4, -0.2) is 30.1 Å². The van der Waals surface area contributed by atoms with E-state index in [4.69, 9.17) is 5.73 Å². The summed E-state index contributed by atoms with van der Waals surface area (Å²) >= 11 is 0. The predicted molar refractivity (Wildman–Crippen MR) is 64.7 cm³/mol. The minimum atomic E-state index is 0.310. The molecule has 0 radical (unpaired) electrons. The van der Waals surface area contributed by atoms with Gasteiger partial charge in [-0.1, -0.05) is 19.3 Å². The highest BCUT2D eigenvalue weighted by molar-refractivity contribution is 4.87. The van der Waals surface area contributed by atoms with Crippen LogP contribution in [0.3, 0.4) is 0 Å². The van der Waals surface area contributed by atoms with Crippen LogP contribution in [-0.2, 0) is 0 Å². The number of fused-ring (bicyclic) bond motifs is 1. The van der Waals surface area contributed by atoms with Crippen LogP contribution in [0, 0.1) is 11.8 Å². The van der Waals surface area contributed by atoms with Crippen molar-refractivity contribution in [1.29, 1.82) is 0 Å². The minimum Gasteiger partial charge on any atom is -0.327 e. The van der Waals surface area contributed by atoms with Crippen LogP contribution in [0.25, 0.3) is 0 Å². The lowest BCUT2D eigenvalue weighted by Gasteiger charge is -2.44. The van der Waals surface area contributed by atoms with E-state index in [1.54, 1.807) is 0 Å². The number of hydrogen-bond acceptors (Lipinski definition) is 2. The Bertz CT molecular complexity index is 203. The van der Waals surface area contributed by atoms with E-state index in [0.717, 1.165) is 11.8 Å². The molecule has 2 N–H and O–H groups in total. The summed E-state index contributed by atoms with van der Waals surface area (Å²) in [4.78, 5) is 2.62. The molecule has 1 aliphatic heterocycles. The fraction of sp³-hybridized carbons (Fsp3) is 1.00. The molecule has 0 spiro atoms. The van der Waals surface area contributed by atoms with E-state index >= 15 is 0 Å². The van der Waals surface area contributed by atoms with Gasteiger partial charge in [0.1, 0.15) is 0 Å². The van der Waals surface area contributed by atoms with Crippen LogP contribution < -0.4 is 5.73 Å². The topological polar surface area (TPSA) is 29.3 Å². The summed E-state index contributed by atoms with van der Waals surface area (Å²) in [5.74, 6) is 2.02. The van der Waals surface area contributed by atoms with Crippen molar-refractivity contribution < 1.29 is 0 Å². The lowest BCUT2D eigenvalue weighted by atomic mass is 9.75. The number of nitrogens with two attached hydrogens (primary N) is 1. The van der Waals surface area contributed by atoms with Gasteiger partial charge in [-0.2, -0.15) is 0 Å². The number of piperidine rings is 1. The summed E-state index contributed by atoms with van der Waals surface area (Å²) in [6, 6.07) is 0.873. The molecule has 88 valence electrons. The summed E-state index contributed by atoms with van der Waals surface area (Å²) in [7, 11) is 0. The second-order valence-corrected chi connectivity index (χ2v) is 5.69. The largest absolute Gasteiger partial charge is 0.327 e. The Morgan fingerprint density at radius 2 is 1.73 bits per heavy atom. The van der Waals surface area contributed by atoms with E-state index in [1.807, 2.05) is 0 Å². The standard InChI is InChI=1S/C13H26N2/c1-10(14)11(2)15-8-7-12-5-3-4-6-13(12)9-15/h10-13H,3-9,14H2,1-2H3. The van der Waals surface area contributed by atoms with Crippen LogP contribution in [0.5, 0.6) is 0 Å². The Morgan fingerprint density at radius 1 is 1.07 bits per heavy atom. The molecule has 0 aromatic carbocycles. The van der Waals surface area contributed by atoms with Gasteiger partial charge < -0.3 is 5.73 Å². The summed E-state index contributed by atoms with van der Waals surface area (Å²) in [5.41, 5.74) is 5.99. The van der Waals surface area contributed by atoms with Gasteiger partial charge in [0.05, 0.1) is 0 Å². The van der Waals surface area contributed by atoms with Crippen molar-refractivity contribution in [2.45, 2.75) is 58.0 Å². The number of rotatable bonds is 2. The van der Waals surface area contributed by atoms with Gasteiger partial charge in [-0.3, -0.25) is 4.90 Å². The van der Waals surface area contributed by atoms with Crippen LogP contribution >= 0.6 is 0 Å². The summed E-state index contributed by atoms with van der Waals surface area (Å²) < 4.78 is 0. The quantitative estimate of drug-likeness (QED) is 0.757. The molecule has 0 aromatic rings. The minimum absolute atomic E-state index is 0.310. The molecule has 2 aliphatic rings. The third-order valence-corrected chi connectivity index (χ3v) is 4.66. The van der Waals surface area contributed by atoms with Crippen LogP contribution in [0.4, 0.5) is 0 Å². The van der Waals surface area contributed by atoms with Gasteiger partial charge in [0.2, 0.25) is 0 Å². The van der Waals surface area contributed by atoms with Crippen molar-refractivity contribution in [3.05, 3.63) is 0 Å². The van der Waals surface area contributed by atoms with Gasteiger partial charge in [0.25, 0.3) is 0 Å². The van der Waals surface area contributed by atoms with Gasteiger partial charge in [-0.25, -0.2) is 0 Å². The molecule has 1 aliphatic carbocycles. The van der Waals surface area contributed by atoms with E-state index in [-0.39, 0.29) is 0 Å². The van der Waals surface area contributed by atoms with E-state index in [9.17, 15) is 0 Å². The molecular formula is C13H26N2. The first-order valence-corrected chi connectivity index (χ1v) is 6.68. The fourth-order valence-electron chi connectivity index (χ4n) is 3.33. The molecule has 2 nitrogen and oxygen atoms in total. The van der Waals surface area contributed by atoms with E-state index < -0.39 is 0 Å². The normalized spacial score (nSPS) is 37.0. The smallest absolute Gasteiger partial charge is 0.0216 e. The summed E-state index contributed by atoms with van der Waals surface area (Å²) in [6.45, 7) is 7.02. The van der Waals surface area contributed by atoms with Gasteiger partial charge in [-0.15, -0.1) is 0 Å². The highest BCUT2D eigenvalue weighted by atomic mass is 15.2. The number of likely N-dealkylation sites (tertiary alicyclic amines) is 1. The molecule has 4 atom stereocenters. The molecular weight excluding hydrogens is 184 g/mol. The van der Waals surface area contributed by atoms with E-state index in [1.165, 1.54) is 45.2 Å². The summed E-state index contributed by atoms with van der Waals surface area (Å²) in [5, 5.41) is 0. The first-order valence-electron chi connectivity index (χ1n) is 6.68. The molecule has 0 aromatic heterocycles. The molecule has 0 bridgehead atoms. The van der Waals surface area contributed by atoms with Crippen LogP contribution in [0.15, 0.2) is 0 Å². The zero-order valence-corrected chi connectivity index (χ0v) is 10.3. The molecule has 2 heteroatoms. The average molecular weight is 210 g/mol. The van der Waals surface area contributed by atoms with Crippen molar-refractivity contribution in [3.8, 4) is 0 Å². The molecule has 15 heavy (non-hydrogen) atoms. The van der Waals surface area contributed by atoms with Gasteiger partial charge in [0.15, 0.2) is 0 Å². The second kappa shape index (κ2) is 4.84. The Kier molecular flexibility index (Phi) is 3.68. The molecule has 4 unspecified atom stereocenters. The first kappa shape index (κ1) is 11.4. The molecule has 2 fully saturated rings. The SMILES string of the molecule is CC(N)C(C)N1CCC2CCCCC2C1. The number of hydrogen-bond donors (Lipinski definition) is 1. The Labute approximate surface area is 94.2 Å². The van der Waals surface area contributed by atoms with Crippen molar-refractivity contribution >= 4 is 0 Å². The molecule has 1 saturated heterocycles. The van der Waals surface area contributed by atoms with Gasteiger partial charge in [0, 0.05) is 18.6 Å². The van der Waals surface area contributed by atoms with Crippen molar-refractivity contribution in [1.82, 2.24) is 4.90 Å². The van der Waals surface area contributed by atoms with E-state index in [2.05, 4.69) is 18.7 Å². The Balaban J connectivity index is 1.90. The van der Waals surface area contributed by atoms with Crippen LogP contribution in [0.2, 0.25) is 0 Å². The molecule has 1 heterocycles. The monoisotopic (exact) mass is 210 g/mol. The zero-order valence-electron chi connectivity index (χ0n) is 10.3. The fourth-order valence-corrected chi connectivity index (χ4v) is 3.33. The predicted octanol–water partition coefficient (Wildman–Crippen LogP) is 2.23. The first-order chi connectivity index (χ1) is 7.18. The zero-order chi connectivity index (χ0) is 10.8. The lowest BCUT2D eigenvalue weighted by Crippen LogP contribution is -2.51. The second-order valence-electron chi connectivity index (χ2n) is 5.69. The molecule has 1 saturated carbocycles. The maximum Gasteiger partial charge on any atom is 0.0216 e. The van der Waals surface area contributed by atoms with Crippen molar-refractivity contribution in [3.63, 3.8) is 0 Å². The Hall–Kier alpha value is -0.0800.